The maximum absolute atomic E-state index is 5.07. The molecule has 0 spiro atoms. The first-order valence-corrected chi connectivity index (χ1v) is 5.09. The molecule has 2 aromatic heterocycles. The average molecular weight is 222 g/mol. The Morgan fingerprint density at radius 3 is 2.38 bits per heavy atom. The van der Waals surface area contributed by atoms with Crippen molar-refractivity contribution in [3.05, 3.63) is 28.4 Å². The molecule has 0 aromatic carbocycles. The van der Waals surface area contributed by atoms with E-state index in [1.807, 2.05) is 20.8 Å². The van der Waals surface area contributed by atoms with Crippen LogP contribution in [0.15, 0.2) is 9.15 Å². The standard InChI is InChI=1S/C10H14N4O2/c1-6-9(8(3)15-12-6)4-11-5-10-7(2)13-16-14-10/h11H,4-5H2,1-3H3. The highest BCUT2D eigenvalue weighted by molar-refractivity contribution is 5.20. The van der Waals surface area contributed by atoms with Crippen molar-refractivity contribution >= 4 is 0 Å². The van der Waals surface area contributed by atoms with Crippen LogP contribution in [-0.2, 0) is 13.1 Å². The summed E-state index contributed by atoms with van der Waals surface area (Å²) in [7, 11) is 0. The zero-order chi connectivity index (χ0) is 11.5. The van der Waals surface area contributed by atoms with Crippen LogP contribution in [0.3, 0.4) is 0 Å². The van der Waals surface area contributed by atoms with Gasteiger partial charge in [0.2, 0.25) is 0 Å². The van der Waals surface area contributed by atoms with Crippen LogP contribution in [0.1, 0.15) is 28.4 Å². The summed E-state index contributed by atoms with van der Waals surface area (Å²) >= 11 is 0. The van der Waals surface area contributed by atoms with Crippen molar-refractivity contribution in [3.8, 4) is 0 Å². The number of nitrogens with one attached hydrogen (secondary N) is 1. The topological polar surface area (TPSA) is 77.0 Å². The Balaban J connectivity index is 1.92. The summed E-state index contributed by atoms with van der Waals surface area (Å²) in [6.45, 7) is 7.02. The number of aromatic nitrogens is 3. The van der Waals surface area contributed by atoms with Crippen molar-refractivity contribution < 1.29 is 9.15 Å². The van der Waals surface area contributed by atoms with Gasteiger partial charge in [-0.3, -0.25) is 0 Å². The Bertz CT molecular complexity index is 455. The predicted octanol–water partition coefficient (Wildman–Crippen LogP) is 1.27. The molecule has 2 rings (SSSR count). The van der Waals surface area contributed by atoms with Gasteiger partial charge in [-0.05, 0) is 20.8 Å². The zero-order valence-corrected chi connectivity index (χ0v) is 9.57. The van der Waals surface area contributed by atoms with E-state index >= 15 is 0 Å². The van der Waals surface area contributed by atoms with Gasteiger partial charge < -0.3 is 9.84 Å². The quantitative estimate of drug-likeness (QED) is 0.839. The molecule has 2 aromatic rings. The molecule has 2 heterocycles. The fourth-order valence-corrected chi connectivity index (χ4v) is 1.47. The number of nitrogens with zero attached hydrogens (tertiary/aromatic N) is 3. The summed E-state index contributed by atoms with van der Waals surface area (Å²) in [5, 5.41) is 14.6. The number of aryl methyl sites for hydroxylation is 3. The number of hydrogen-bond donors (Lipinski definition) is 1. The van der Waals surface area contributed by atoms with E-state index in [1.54, 1.807) is 0 Å². The smallest absolute Gasteiger partial charge is 0.138 e. The van der Waals surface area contributed by atoms with Crippen LogP contribution in [0.5, 0.6) is 0 Å². The molecular formula is C10H14N4O2. The van der Waals surface area contributed by atoms with Gasteiger partial charge >= 0.3 is 0 Å². The molecule has 0 unspecified atom stereocenters. The van der Waals surface area contributed by atoms with Gasteiger partial charge in [-0.25, -0.2) is 4.63 Å². The Hall–Kier alpha value is -1.69. The summed E-state index contributed by atoms with van der Waals surface area (Å²) in [6.07, 6.45) is 0. The summed E-state index contributed by atoms with van der Waals surface area (Å²) in [4.78, 5) is 0. The first-order valence-electron chi connectivity index (χ1n) is 5.09. The molecule has 0 atom stereocenters. The largest absolute Gasteiger partial charge is 0.361 e. The van der Waals surface area contributed by atoms with E-state index in [-0.39, 0.29) is 0 Å². The fraction of sp³-hybridized carbons (Fsp3) is 0.500. The second kappa shape index (κ2) is 4.44. The first kappa shape index (κ1) is 10.8. The van der Waals surface area contributed by atoms with Gasteiger partial charge in [0.25, 0.3) is 0 Å². The Kier molecular flexibility index (Phi) is 3.00. The lowest BCUT2D eigenvalue weighted by atomic mass is 10.2. The molecule has 1 N–H and O–H groups in total. The van der Waals surface area contributed by atoms with Gasteiger partial charge in [-0.15, -0.1) is 0 Å². The SMILES string of the molecule is Cc1nonc1CNCc1c(C)noc1C. The molecule has 6 heteroatoms. The molecule has 0 aliphatic carbocycles. The highest BCUT2D eigenvalue weighted by Crippen LogP contribution is 2.11. The van der Waals surface area contributed by atoms with Crippen LogP contribution >= 0.6 is 0 Å². The van der Waals surface area contributed by atoms with Gasteiger partial charge in [-0.1, -0.05) is 15.5 Å². The van der Waals surface area contributed by atoms with E-state index < -0.39 is 0 Å². The van der Waals surface area contributed by atoms with Crippen molar-refractivity contribution in [2.45, 2.75) is 33.9 Å². The Morgan fingerprint density at radius 1 is 1.00 bits per heavy atom. The Labute approximate surface area is 93.0 Å². The number of hydrogen-bond acceptors (Lipinski definition) is 6. The minimum atomic E-state index is 0.624. The van der Waals surface area contributed by atoms with Crippen molar-refractivity contribution in [1.82, 2.24) is 20.8 Å². The van der Waals surface area contributed by atoms with Gasteiger partial charge in [0.1, 0.15) is 17.1 Å². The molecule has 0 aliphatic rings. The van der Waals surface area contributed by atoms with Gasteiger partial charge in [0.05, 0.1) is 5.69 Å². The molecule has 86 valence electrons. The second-order valence-corrected chi connectivity index (χ2v) is 3.70. The molecule has 0 aliphatic heterocycles. The second-order valence-electron chi connectivity index (χ2n) is 3.70. The average Bonchev–Trinajstić information content (AvgIpc) is 2.79. The van der Waals surface area contributed by atoms with Crippen LogP contribution < -0.4 is 5.32 Å². The van der Waals surface area contributed by atoms with E-state index in [9.17, 15) is 0 Å². The van der Waals surface area contributed by atoms with Crippen LogP contribution in [0, 0.1) is 20.8 Å². The van der Waals surface area contributed by atoms with E-state index in [0.717, 1.165) is 28.4 Å². The fourth-order valence-electron chi connectivity index (χ4n) is 1.47. The lowest BCUT2D eigenvalue weighted by molar-refractivity contribution is 0.300. The molecule has 0 bridgehead atoms. The highest BCUT2D eigenvalue weighted by atomic mass is 16.6. The molecule has 0 fully saturated rings. The highest BCUT2D eigenvalue weighted by Gasteiger charge is 2.09. The third-order valence-corrected chi connectivity index (χ3v) is 2.52. The van der Waals surface area contributed by atoms with Crippen LogP contribution in [-0.4, -0.2) is 15.5 Å². The summed E-state index contributed by atoms with van der Waals surface area (Å²) in [5.74, 6) is 0.847. The van der Waals surface area contributed by atoms with E-state index in [0.29, 0.717) is 13.1 Å². The van der Waals surface area contributed by atoms with Crippen molar-refractivity contribution in [2.75, 3.05) is 0 Å². The first-order chi connectivity index (χ1) is 7.68. The van der Waals surface area contributed by atoms with Gasteiger partial charge in [0, 0.05) is 18.7 Å². The molecular weight excluding hydrogens is 208 g/mol. The molecule has 0 saturated carbocycles. The van der Waals surface area contributed by atoms with Crippen molar-refractivity contribution in [2.24, 2.45) is 0 Å². The van der Waals surface area contributed by atoms with Gasteiger partial charge in [0.15, 0.2) is 0 Å². The van der Waals surface area contributed by atoms with Crippen molar-refractivity contribution in [3.63, 3.8) is 0 Å². The van der Waals surface area contributed by atoms with Crippen LogP contribution in [0.25, 0.3) is 0 Å². The normalized spacial score (nSPS) is 10.9. The van der Waals surface area contributed by atoms with Crippen molar-refractivity contribution in [1.29, 1.82) is 0 Å². The summed E-state index contributed by atoms with van der Waals surface area (Å²) in [5.41, 5.74) is 3.65. The maximum Gasteiger partial charge on any atom is 0.138 e. The lowest BCUT2D eigenvalue weighted by Gasteiger charge is -2.01. The van der Waals surface area contributed by atoms with Crippen LogP contribution in [0.2, 0.25) is 0 Å². The summed E-state index contributed by atoms with van der Waals surface area (Å²) in [6, 6.07) is 0. The molecule has 0 radical (unpaired) electrons. The minimum absolute atomic E-state index is 0.624. The minimum Gasteiger partial charge on any atom is -0.361 e. The Morgan fingerprint density at radius 2 is 1.81 bits per heavy atom. The van der Waals surface area contributed by atoms with E-state index in [2.05, 4.69) is 25.4 Å². The monoisotopic (exact) mass is 222 g/mol. The predicted molar refractivity (Wildman–Crippen MR) is 55.6 cm³/mol. The van der Waals surface area contributed by atoms with Gasteiger partial charge in [-0.2, -0.15) is 0 Å². The zero-order valence-electron chi connectivity index (χ0n) is 9.57. The third kappa shape index (κ3) is 2.11. The maximum atomic E-state index is 5.07. The molecule has 16 heavy (non-hydrogen) atoms. The van der Waals surface area contributed by atoms with E-state index in [1.165, 1.54) is 0 Å². The lowest BCUT2D eigenvalue weighted by Crippen LogP contribution is -2.14. The number of rotatable bonds is 4. The van der Waals surface area contributed by atoms with E-state index in [4.69, 9.17) is 4.52 Å². The molecule has 6 nitrogen and oxygen atoms in total. The van der Waals surface area contributed by atoms with Crippen LogP contribution in [0.4, 0.5) is 0 Å². The molecule has 0 saturated heterocycles. The summed E-state index contributed by atoms with van der Waals surface area (Å²) < 4.78 is 9.68. The third-order valence-electron chi connectivity index (χ3n) is 2.52. The molecule has 0 amide bonds.